The van der Waals surface area contributed by atoms with Crippen molar-refractivity contribution < 1.29 is 18.4 Å². The predicted molar refractivity (Wildman–Crippen MR) is 83.5 cm³/mol. The van der Waals surface area contributed by atoms with E-state index in [1.54, 1.807) is 37.1 Å². The largest absolute Gasteiger partial charge is 0.459 e. The lowest BCUT2D eigenvalue weighted by molar-refractivity contribution is -0.141. The van der Waals surface area contributed by atoms with Gasteiger partial charge in [0.05, 0.1) is 18.2 Å². The van der Waals surface area contributed by atoms with E-state index in [1.165, 1.54) is 4.90 Å². The Balaban J connectivity index is 1.59. The molecule has 4 heterocycles. The van der Waals surface area contributed by atoms with E-state index in [9.17, 15) is 9.59 Å². The zero-order chi connectivity index (χ0) is 16.0. The molecule has 2 amide bonds. The molecular formula is C16H16N2O4S. The molecule has 2 aliphatic heterocycles. The van der Waals surface area contributed by atoms with Crippen LogP contribution in [0.15, 0.2) is 27.2 Å². The number of furan rings is 1. The minimum absolute atomic E-state index is 0.0607. The first-order valence-electron chi connectivity index (χ1n) is 7.52. The number of hydrogen-bond acceptors (Lipinski definition) is 6. The van der Waals surface area contributed by atoms with E-state index in [-0.39, 0.29) is 18.4 Å². The summed E-state index contributed by atoms with van der Waals surface area (Å²) in [6, 6.07) is 3.51. The lowest BCUT2D eigenvalue weighted by Crippen LogP contribution is -2.35. The lowest BCUT2D eigenvalue weighted by atomic mass is 9.86. The van der Waals surface area contributed by atoms with Crippen molar-refractivity contribution in [3.63, 3.8) is 0 Å². The molecule has 4 rings (SSSR count). The number of aromatic nitrogens is 1. The maximum Gasteiger partial charge on any atom is 0.263 e. The fourth-order valence-electron chi connectivity index (χ4n) is 3.17. The summed E-state index contributed by atoms with van der Waals surface area (Å²) in [4.78, 5) is 30.7. The normalized spacial score (nSPS) is 24.3. The fraction of sp³-hybridized carbons (Fsp3) is 0.438. The van der Waals surface area contributed by atoms with Gasteiger partial charge in [0.25, 0.3) is 5.89 Å². The summed E-state index contributed by atoms with van der Waals surface area (Å²) in [5, 5.41) is 0. The average molecular weight is 332 g/mol. The molecule has 1 spiro atoms. The number of nitrogens with zero attached hydrogens (tertiary/aromatic N) is 2. The van der Waals surface area contributed by atoms with Crippen LogP contribution < -0.4 is 0 Å². The summed E-state index contributed by atoms with van der Waals surface area (Å²) >= 11 is 1.74. The summed E-state index contributed by atoms with van der Waals surface area (Å²) in [5.41, 5.74) is 0.115. The van der Waals surface area contributed by atoms with E-state index in [2.05, 4.69) is 4.98 Å². The van der Waals surface area contributed by atoms with Crippen molar-refractivity contribution in [2.75, 3.05) is 11.5 Å². The van der Waals surface area contributed by atoms with E-state index >= 15 is 0 Å². The second-order valence-corrected chi connectivity index (χ2v) is 7.15. The van der Waals surface area contributed by atoms with Crippen molar-refractivity contribution in [3.05, 3.63) is 29.9 Å². The Hall–Kier alpha value is -2.02. The molecule has 0 aromatic carbocycles. The number of likely N-dealkylation sites (tertiary alicyclic amines) is 1. The number of aryl methyl sites for hydroxylation is 1. The van der Waals surface area contributed by atoms with E-state index in [0.29, 0.717) is 29.5 Å². The quantitative estimate of drug-likeness (QED) is 0.804. The molecule has 2 fully saturated rings. The van der Waals surface area contributed by atoms with Crippen molar-refractivity contribution in [2.24, 2.45) is 5.41 Å². The van der Waals surface area contributed by atoms with Crippen molar-refractivity contribution in [1.82, 2.24) is 9.88 Å². The van der Waals surface area contributed by atoms with Crippen molar-refractivity contribution >= 4 is 23.6 Å². The van der Waals surface area contributed by atoms with E-state index in [1.807, 2.05) is 0 Å². The smallest absolute Gasteiger partial charge is 0.263 e. The minimum Gasteiger partial charge on any atom is -0.459 e. The molecule has 1 atom stereocenters. The Morgan fingerprint density at radius 3 is 3.00 bits per heavy atom. The Kier molecular flexibility index (Phi) is 3.33. The van der Waals surface area contributed by atoms with Gasteiger partial charge in [-0.15, -0.1) is 0 Å². The molecule has 2 aromatic heterocycles. The molecule has 0 unspecified atom stereocenters. The van der Waals surface area contributed by atoms with Crippen LogP contribution in [0.4, 0.5) is 0 Å². The Bertz CT molecular complexity index is 759. The Morgan fingerprint density at radius 2 is 2.30 bits per heavy atom. The summed E-state index contributed by atoms with van der Waals surface area (Å²) in [6.45, 7) is 1.95. The highest BCUT2D eigenvalue weighted by Crippen LogP contribution is 2.45. The zero-order valence-corrected chi connectivity index (χ0v) is 13.5. The van der Waals surface area contributed by atoms with Gasteiger partial charge in [-0.05, 0) is 31.2 Å². The first-order chi connectivity index (χ1) is 11.1. The zero-order valence-electron chi connectivity index (χ0n) is 12.7. The third-order valence-electron chi connectivity index (χ3n) is 4.53. The third-order valence-corrected chi connectivity index (χ3v) is 5.77. The molecule has 2 aromatic rings. The molecule has 120 valence electrons. The van der Waals surface area contributed by atoms with Gasteiger partial charge in [-0.2, -0.15) is 11.8 Å². The molecule has 0 N–H and O–H groups in total. The summed E-state index contributed by atoms with van der Waals surface area (Å²) in [7, 11) is 0. The van der Waals surface area contributed by atoms with Crippen molar-refractivity contribution in [1.29, 1.82) is 0 Å². The molecule has 0 radical (unpaired) electrons. The molecule has 0 saturated carbocycles. The van der Waals surface area contributed by atoms with Crippen LogP contribution in [0.1, 0.15) is 24.3 Å². The van der Waals surface area contributed by atoms with E-state index in [4.69, 9.17) is 8.83 Å². The van der Waals surface area contributed by atoms with Gasteiger partial charge in [-0.3, -0.25) is 14.5 Å². The van der Waals surface area contributed by atoms with Gasteiger partial charge in [-0.1, -0.05) is 0 Å². The standard InChI is InChI=1S/C16H16N2O4S/c1-10-11(17-14(22-10)12-3-2-5-21-12)8-18-13(19)7-16(15(18)20)4-6-23-9-16/h2-3,5H,4,6-9H2,1H3/t16-/m0/s1. The van der Waals surface area contributed by atoms with Gasteiger partial charge in [0.15, 0.2) is 5.76 Å². The SMILES string of the molecule is Cc1oc(-c2ccco2)nc1CN1C(=O)C[C@]2(CCSC2)C1=O. The second kappa shape index (κ2) is 5.26. The first kappa shape index (κ1) is 14.6. The van der Waals surface area contributed by atoms with Gasteiger partial charge in [0, 0.05) is 12.2 Å². The number of imide groups is 1. The van der Waals surface area contributed by atoms with Crippen LogP contribution in [0, 0.1) is 12.3 Å². The van der Waals surface area contributed by atoms with Gasteiger partial charge in [-0.25, -0.2) is 4.98 Å². The minimum atomic E-state index is -0.483. The number of carbonyl (C=O) groups is 2. The van der Waals surface area contributed by atoms with Crippen LogP contribution in [0.5, 0.6) is 0 Å². The van der Waals surface area contributed by atoms with Crippen molar-refractivity contribution in [3.8, 4) is 11.7 Å². The summed E-state index contributed by atoms with van der Waals surface area (Å²) in [6.07, 6.45) is 2.65. The second-order valence-electron chi connectivity index (χ2n) is 6.04. The fourth-order valence-corrected chi connectivity index (χ4v) is 4.61. The number of carbonyl (C=O) groups excluding carboxylic acids is 2. The highest BCUT2D eigenvalue weighted by atomic mass is 32.2. The number of hydrogen-bond donors (Lipinski definition) is 0. The van der Waals surface area contributed by atoms with E-state index < -0.39 is 5.41 Å². The van der Waals surface area contributed by atoms with Crippen LogP contribution in [0.2, 0.25) is 0 Å². The summed E-state index contributed by atoms with van der Waals surface area (Å²) < 4.78 is 10.9. The third kappa shape index (κ3) is 2.30. The maximum atomic E-state index is 12.7. The van der Waals surface area contributed by atoms with Crippen LogP contribution in [-0.4, -0.2) is 33.2 Å². The maximum absolute atomic E-state index is 12.7. The lowest BCUT2D eigenvalue weighted by Gasteiger charge is -2.19. The number of rotatable bonds is 3. The molecular weight excluding hydrogens is 316 g/mol. The highest BCUT2D eigenvalue weighted by molar-refractivity contribution is 7.99. The van der Waals surface area contributed by atoms with E-state index in [0.717, 1.165) is 17.9 Å². The molecule has 7 heteroatoms. The molecule has 2 saturated heterocycles. The number of thioether (sulfide) groups is 1. The molecule has 0 bridgehead atoms. The number of amides is 2. The first-order valence-corrected chi connectivity index (χ1v) is 8.67. The van der Waals surface area contributed by atoms with Gasteiger partial charge >= 0.3 is 0 Å². The topological polar surface area (TPSA) is 76.6 Å². The molecule has 6 nitrogen and oxygen atoms in total. The van der Waals surface area contributed by atoms with Crippen LogP contribution in [0.25, 0.3) is 11.7 Å². The molecule has 2 aliphatic rings. The van der Waals surface area contributed by atoms with Crippen LogP contribution >= 0.6 is 11.8 Å². The van der Waals surface area contributed by atoms with Gasteiger partial charge in [0.1, 0.15) is 11.5 Å². The highest BCUT2D eigenvalue weighted by Gasteiger charge is 2.53. The van der Waals surface area contributed by atoms with Gasteiger partial charge in [0.2, 0.25) is 11.8 Å². The Morgan fingerprint density at radius 1 is 1.43 bits per heavy atom. The van der Waals surface area contributed by atoms with Gasteiger partial charge < -0.3 is 8.83 Å². The number of oxazole rings is 1. The Labute approximate surface area is 137 Å². The molecule has 0 aliphatic carbocycles. The van der Waals surface area contributed by atoms with Crippen LogP contribution in [0.3, 0.4) is 0 Å². The summed E-state index contributed by atoms with van der Waals surface area (Å²) in [5.74, 6) is 3.00. The monoisotopic (exact) mass is 332 g/mol. The van der Waals surface area contributed by atoms with Crippen LogP contribution in [-0.2, 0) is 16.1 Å². The molecule has 23 heavy (non-hydrogen) atoms. The van der Waals surface area contributed by atoms with Crippen molar-refractivity contribution in [2.45, 2.75) is 26.3 Å². The average Bonchev–Trinajstić information content (AvgIpc) is 3.27. The predicted octanol–water partition coefficient (Wildman–Crippen LogP) is 2.63.